The van der Waals surface area contributed by atoms with Crippen molar-refractivity contribution in [3.63, 3.8) is 0 Å². The van der Waals surface area contributed by atoms with Crippen molar-refractivity contribution >= 4 is 17.7 Å². The van der Waals surface area contributed by atoms with E-state index >= 15 is 0 Å². The van der Waals surface area contributed by atoms with Gasteiger partial charge < -0.3 is 11.1 Å². The summed E-state index contributed by atoms with van der Waals surface area (Å²) in [6.07, 6.45) is 0. The van der Waals surface area contributed by atoms with Crippen molar-refractivity contribution in [1.29, 1.82) is 0 Å². The molecule has 1 amide bonds. The van der Waals surface area contributed by atoms with Crippen molar-refractivity contribution in [2.75, 3.05) is 37.7 Å². The zero-order chi connectivity index (χ0) is 16.0. The van der Waals surface area contributed by atoms with E-state index in [9.17, 15) is 13.6 Å². The Morgan fingerprint density at radius 2 is 1.95 bits per heavy atom. The lowest BCUT2D eigenvalue weighted by Crippen LogP contribution is -2.48. The van der Waals surface area contributed by atoms with Gasteiger partial charge in [-0.2, -0.15) is 11.8 Å². The monoisotopic (exact) mass is 329 g/mol. The topological polar surface area (TPSA) is 58.4 Å². The summed E-state index contributed by atoms with van der Waals surface area (Å²) in [4.78, 5) is 14.5. The molecule has 0 aliphatic carbocycles. The summed E-state index contributed by atoms with van der Waals surface area (Å²) in [7, 11) is 0. The summed E-state index contributed by atoms with van der Waals surface area (Å²) >= 11 is 1.83. The quantitative estimate of drug-likeness (QED) is 0.830. The summed E-state index contributed by atoms with van der Waals surface area (Å²) in [5, 5.41) is 2.35. The predicted molar refractivity (Wildman–Crippen MR) is 85.1 cm³/mol. The largest absolute Gasteiger partial charge is 0.348 e. The lowest BCUT2D eigenvalue weighted by molar-refractivity contribution is -0.128. The Hall–Kier alpha value is -1.18. The fourth-order valence-electron chi connectivity index (χ4n) is 2.38. The van der Waals surface area contributed by atoms with E-state index in [-0.39, 0.29) is 0 Å². The van der Waals surface area contributed by atoms with E-state index in [1.807, 2.05) is 47.0 Å². The molecule has 1 heterocycles. The van der Waals surface area contributed by atoms with Gasteiger partial charge in [0.05, 0.1) is 13.1 Å². The minimum atomic E-state index is -3.07. The highest BCUT2D eigenvalue weighted by Crippen LogP contribution is 2.24. The number of nitrogens with zero attached hydrogens (tertiary/aromatic N) is 1. The van der Waals surface area contributed by atoms with Crippen LogP contribution < -0.4 is 11.1 Å². The molecule has 3 N–H and O–H groups in total. The van der Waals surface area contributed by atoms with Crippen LogP contribution in [0.3, 0.4) is 0 Å². The summed E-state index contributed by atoms with van der Waals surface area (Å²) in [5.74, 6) is -1.59. The second-order valence-electron chi connectivity index (χ2n) is 5.24. The Balaban J connectivity index is 2.11. The van der Waals surface area contributed by atoms with Gasteiger partial charge in [0.2, 0.25) is 5.91 Å². The number of nitrogens with two attached hydrogens (primary N) is 1. The molecule has 0 bridgehead atoms. The highest BCUT2D eigenvalue weighted by Gasteiger charge is 2.32. The van der Waals surface area contributed by atoms with E-state index in [4.69, 9.17) is 5.73 Å². The van der Waals surface area contributed by atoms with Crippen LogP contribution in [0.1, 0.15) is 11.6 Å². The van der Waals surface area contributed by atoms with Crippen LogP contribution in [-0.4, -0.2) is 54.4 Å². The maximum atomic E-state index is 13.3. The van der Waals surface area contributed by atoms with Crippen LogP contribution in [0.5, 0.6) is 0 Å². The molecule has 0 radical (unpaired) electrons. The molecular formula is C15H21F2N3OS. The molecule has 0 aromatic heterocycles. The van der Waals surface area contributed by atoms with E-state index in [0.717, 1.165) is 30.2 Å². The molecule has 1 fully saturated rings. The van der Waals surface area contributed by atoms with E-state index in [0.29, 0.717) is 0 Å². The van der Waals surface area contributed by atoms with Gasteiger partial charge in [0.25, 0.3) is 5.92 Å². The zero-order valence-electron chi connectivity index (χ0n) is 12.3. The number of thioether (sulfide) groups is 1. The first-order valence-electron chi connectivity index (χ1n) is 7.26. The summed E-state index contributed by atoms with van der Waals surface area (Å²) in [6, 6.07) is 8.74. The number of benzene rings is 1. The van der Waals surface area contributed by atoms with Crippen LogP contribution in [0, 0.1) is 0 Å². The van der Waals surface area contributed by atoms with Crippen LogP contribution in [0.2, 0.25) is 0 Å². The number of alkyl halides is 2. The number of amides is 1. The fraction of sp³-hybridized carbons (Fsp3) is 0.533. The van der Waals surface area contributed by atoms with Gasteiger partial charge in [0.1, 0.15) is 6.04 Å². The molecule has 0 spiro atoms. The summed E-state index contributed by atoms with van der Waals surface area (Å²) in [5.41, 5.74) is 5.83. The van der Waals surface area contributed by atoms with E-state index in [1.54, 1.807) is 0 Å². The van der Waals surface area contributed by atoms with Crippen LogP contribution in [0.25, 0.3) is 0 Å². The molecule has 1 aliphatic rings. The van der Waals surface area contributed by atoms with Crippen molar-refractivity contribution in [3.8, 4) is 0 Å². The van der Waals surface area contributed by atoms with Gasteiger partial charge in [-0.15, -0.1) is 0 Å². The first-order chi connectivity index (χ1) is 10.5. The van der Waals surface area contributed by atoms with E-state index in [2.05, 4.69) is 5.32 Å². The van der Waals surface area contributed by atoms with Crippen LogP contribution >= 0.6 is 11.8 Å². The standard InChI is InChI=1S/C15H21F2N3OS/c16-15(17,10-18)11-19-14(21)13(12-4-2-1-3-5-12)20-6-8-22-9-7-20/h1-5,13H,6-11,18H2,(H,19,21). The molecule has 122 valence electrons. The third-order valence-corrected chi connectivity index (χ3v) is 4.54. The number of hydrogen-bond acceptors (Lipinski definition) is 4. The van der Waals surface area contributed by atoms with Gasteiger partial charge in [0.15, 0.2) is 0 Å². The van der Waals surface area contributed by atoms with Crippen molar-refractivity contribution in [3.05, 3.63) is 35.9 Å². The molecule has 0 saturated carbocycles. The maximum Gasteiger partial charge on any atom is 0.277 e. The van der Waals surface area contributed by atoms with Crippen molar-refractivity contribution in [1.82, 2.24) is 10.2 Å². The minimum Gasteiger partial charge on any atom is -0.348 e. The molecular weight excluding hydrogens is 308 g/mol. The molecule has 22 heavy (non-hydrogen) atoms. The predicted octanol–water partition coefficient (Wildman–Crippen LogP) is 1.49. The van der Waals surface area contributed by atoms with E-state index in [1.165, 1.54) is 0 Å². The lowest BCUT2D eigenvalue weighted by Gasteiger charge is -2.34. The highest BCUT2D eigenvalue weighted by atomic mass is 32.2. The number of hydrogen-bond donors (Lipinski definition) is 2. The Morgan fingerprint density at radius 1 is 1.32 bits per heavy atom. The second-order valence-corrected chi connectivity index (χ2v) is 6.46. The Morgan fingerprint density at radius 3 is 2.55 bits per heavy atom. The molecule has 7 heteroatoms. The smallest absolute Gasteiger partial charge is 0.277 e. The van der Waals surface area contributed by atoms with Gasteiger partial charge in [-0.25, -0.2) is 8.78 Å². The molecule has 1 saturated heterocycles. The molecule has 1 aromatic carbocycles. The van der Waals surface area contributed by atoms with Crippen molar-refractivity contribution < 1.29 is 13.6 Å². The molecule has 1 aliphatic heterocycles. The van der Waals surface area contributed by atoms with Crippen molar-refractivity contribution in [2.45, 2.75) is 12.0 Å². The minimum absolute atomic E-state index is 0.397. The van der Waals surface area contributed by atoms with Gasteiger partial charge in [0, 0.05) is 24.6 Å². The number of halogens is 2. The third-order valence-electron chi connectivity index (χ3n) is 3.59. The number of nitrogens with one attached hydrogen (secondary N) is 1. The Labute approximate surface area is 133 Å². The lowest BCUT2D eigenvalue weighted by atomic mass is 10.0. The third kappa shape index (κ3) is 4.66. The first kappa shape index (κ1) is 17.2. The maximum absolute atomic E-state index is 13.3. The number of carbonyl (C=O) groups excluding carboxylic acids is 1. The molecule has 1 atom stereocenters. The zero-order valence-corrected chi connectivity index (χ0v) is 13.1. The summed E-state index contributed by atoms with van der Waals surface area (Å²) in [6.45, 7) is 0.0355. The average molecular weight is 329 g/mol. The van der Waals surface area contributed by atoms with Crippen molar-refractivity contribution in [2.24, 2.45) is 5.73 Å². The van der Waals surface area contributed by atoms with Gasteiger partial charge in [-0.1, -0.05) is 30.3 Å². The Bertz CT molecular complexity index is 481. The number of rotatable bonds is 6. The normalized spacial score (nSPS) is 18.0. The first-order valence-corrected chi connectivity index (χ1v) is 8.41. The second kappa shape index (κ2) is 7.89. The molecule has 2 rings (SSSR count). The SMILES string of the molecule is NCC(F)(F)CNC(=O)C(c1ccccc1)N1CCSCC1. The van der Waals surface area contributed by atoms with Crippen LogP contribution in [0.15, 0.2) is 30.3 Å². The van der Waals surface area contributed by atoms with Gasteiger partial charge in [-0.05, 0) is 5.56 Å². The number of carbonyl (C=O) groups is 1. The average Bonchev–Trinajstić information content (AvgIpc) is 2.55. The molecule has 1 aromatic rings. The van der Waals surface area contributed by atoms with E-state index < -0.39 is 31.0 Å². The van der Waals surface area contributed by atoms with Gasteiger partial charge >= 0.3 is 0 Å². The van der Waals surface area contributed by atoms with Crippen LogP contribution in [-0.2, 0) is 4.79 Å². The Kier molecular flexibility index (Phi) is 6.16. The highest BCUT2D eigenvalue weighted by molar-refractivity contribution is 7.99. The molecule has 1 unspecified atom stereocenters. The van der Waals surface area contributed by atoms with Gasteiger partial charge in [-0.3, -0.25) is 9.69 Å². The summed E-state index contributed by atoms with van der Waals surface area (Å²) < 4.78 is 26.5. The van der Waals surface area contributed by atoms with Crippen LogP contribution in [0.4, 0.5) is 8.78 Å². The fourth-order valence-corrected chi connectivity index (χ4v) is 3.32. The molecule has 4 nitrogen and oxygen atoms in total.